The molecule has 0 N–H and O–H groups in total. The van der Waals surface area contributed by atoms with Gasteiger partial charge >= 0.3 is 0 Å². The number of para-hydroxylation sites is 1. The highest BCUT2D eigenvalue weighted by molar-refractivity contribution is 7.89. The van der Waals surface area contributed by atoms with Gasteiger partial charge in [0.15, 0.2) is 5.13 Å². The Morgan fingerprint density at radius 2 is 1.67 bits per heavy atom. The summed E-state index contributed by atoms with van der Waals surface area (Å²) in [5.41, 5.74) is 2.60. The molecule has 0 atom stereocenters. The van der Waals surface area contributed by atoms with Crippen molar-refractivity contribution < 1.29 is 13.2 Å². The summed E-state index contributed by atoms with van der Waals surface area (Å²) >= 11 is 1.44. The maximum absolute atomic E-state index is 13.2. The molecule has 0 saturated carbocycles. The lowest BCUT2D eigenvalue weighted by atomic mass is 10.1. The van der Waals surface area contributed by atoms with Crippen molar-refractivity contribution in [3.05, 3.63) is 71.2 Å². The molecule has 2 heterocycles. The highest BCUT2D eigenvalue weighted by Crippen LogP contribution is 2.29. The lowest BCUT2D eigenvalue weighted by molar-refractivity contribution is -0.117. The van der Waals surface area contributed by atoms with Crippen LogP contribution in [0.5, 0.6) is 0 Å². The monoisotopic (exact) mass is 483 g/mol. The van der Waals surface area contributed by atoms with E-state index in [-0.39, 0.29) is 5.91 Å². The third-order valence-corrected chi connectivity index (χ3v) is 8.67. The van der Waals surface area contributed by atoms with Crippen LogP contribution in [0.3, 0.4) is 0 Å². The van der Waals surface area contributed by atoms with E-state index in [1.165, 1.54) is 11.3 Å². The second-order valence-electron chi connectivity index (χ2n) is 8.30. The maximum atomic E-state index is 13.2. The number of rotatable bonds is 7. The van der Waals surface area contributed by atoms with Gasteiger partial charge in [-0.2, -0.15) is 4.31 Å². The molecule has 4 rings (SSSR count). The van der Waals surface area contributed by atoms with Crippen LogP contribution in [0.2, 0.25) is 0 Å². The zero-order valence-corrected chi connectivity index (χ0v) is 20.4. The predicted molar refractivity (Wildman–Crippen MR) is 132 cm³/mol. The summed E-state index contributed by atoms with van der Waals surface area (Å²) in [4.78, 5) is 19.7. The van der Waals surface area contributed by atoms with E-state index in [1.54, 1.807) is 21.3 Å². The Hall–Kier alpha value is -2.55. The van der Waals surface area contributed by atoms with E-state index in [0.29, 0.717) is 36.0 Å². The molecule has 2 aromatic carbocycles. The van der Waals surface area contributed by atoms with Gasteiger partial charge in [0.2, 0.25) is 15.9 Å². The SMILES string of the molecule is Cc1csc(N(C(=O)CCc2ccc(S(=O)(=O)N3CCCCCC3)cc2)c2ccccc2)n1. The number of carbonyl (C=O) groups is 1. The molecule has 0 spiro atoms. The summed E-state index contributed by atoms with van der Waals surface area (Å²) < 4.78 is 27.6. The summed E-state index contributed by atoms with van der Waals surface area (Å²) in [6.45, 7) is 3.09. The number of amides is 1. The molecule has 1 aromatic heterocycles. The Morgan fingerprint density at radius 1 is 1.00 bits per heavy atom. The van der Waals surface area contributed by atoms with Crippen LogP contribution in [0.1, 0.15) is 43.4 Å². The van der Waals surface area contributed by atoms with Crippen LogP contribution in [0, 0.1) is 6.92 Å². The van der Waals surface area contributed by atoms with Crippen LogP contribution in [-0.4, -0.2) is 36.7 Å². The van der Waals surface area contributed by atoms with Gasteiger partial charge in [0.25, 0.3) is 0 Å². The fourth-order valence-corrected chi connectivity index (χ4v) is 6.36. The van der Waals surface area contributed by atoms with Gasteiger partial charge in [-0.05, 0) is 56.0 Å². The van der Waals surface area contributed by atoms with E-state index in [0.717, 1.165) is 42.6 Å². The van der Waals surface area contributed by atoms with E-state index in [4.69, 9.17) is 0 Å². The van der Waals surface area contributed by atoms with Crippen molar-refractivity contribution in [2.75, 3.05) is 18.0 Å². The van der Waals surface area contributed by atoms with Gasteiger partial charge in [-0.1, -0.05) is 43.2 Å². The third-order valence-electron chi connectivity index (χ3n) is 5.82. The Balaban J connectivity index is 1.45. The Morgan fingerprint density at radius 3 is 2.27 bits per heavy atom. The minimum Gasteiger partial charge on any atom is -0.274 e. The average Bonchev–Trinajstić information content (AvgIpc) is 3.07. The van der Waals surface area contributed by atoms with Crippen molar-refractivity contribution in [2.45, 2.75) is 50.3 Å². The lowest BCUT2D eigenvalue weighted by Crippen LogP contribution is -2.31. The van der Waals surface area contributed by atoms with E-state index in [2.05, 4.69) is 4.98 Å². The number of aryl methyl sites for hydroxylation is 2. The van der Waals surface area contributed by atoms with Gasteiger partial charge in [-0.25, -0.2) is 13.4 Å². The molecule has 33 heavy (non-hydrogen) atoms. The summed E-state index contributed by atoms with van der Waals surface area (Å²) in [7, 11) is -3.47. The van der Waals surface area contributed by atoms with Crippen molar-refractivity contribution >= 4 is 38.1 Å². The molecule has 8 heteroatoms. The van der Waals surface area contributed by atoms with Crippen molar-refractivity contribution in [1.82, 2.24) is 9.29 Å². The highest BCUT2D eigenvalue weighted by atomic mass is 32.2. The molecule has 1 aliphatic heterocycles. The molecule has 1 amide bonds. The first-order chi connectivity index (χ1) is 15.9. The molecule has 1 fully saturated rings. The average molecular weight is 484 g/mol. The van der Waals surface area contributed by atoms with Crippen LogP contribution in [0.25, 0.3) is 0 Å². The van der Waals surface area contributed by atoms with Gasteiger partial charge in [-0.3, -0.25) is 9.69 Å². The predicted octanol–water partition coefficient (Wildman–Crippen LogP) is 5.31. The molecule has 0 bridgehead atoms. The number of thiazole rings is 1. The summed E-state index contributed by atoms with van der Waals surface area (Å²) in [6, 6.07) is 16.5. The summed E-state index contributed by atoms with van der Waals surface area (Å²) in [5, 5.41) is 2.59. The standard InChI is InChI=1S/C25H29N3O3S2/c1-20-19-32-25(26-20)28(22-9-5-4-6-10-22)24(29)16-13-21-11-14-23(15-12-21)33(30,31)27-17-7-2-3-8-18-27/h4-6,9-12,14-15,19H,2-3,7-8,13,16-18H2,1H3. The Labute approximate surface area is 199 Å². The van der Waals surface area contributed by atoms with Crippen molar-refractivity contribution in [3.8, 4) is 0 Å². The second kappa shape index (κ2) is 10.6. The normalized spacial score (nSPS) is 15.2. The number of anilines is 2. The third kappa shape index (κ3) is 5.69. The molecular weight excluding hydrogens is 454 g/mol. The molecule has 0 unspecified atom stereocenters. The number of benzene rings is 2. The summed E-state index contributed by atoms with van der Waals surface area (Å²) in [5.74, 6) is -0.0446. The quantitative estimate of drug-likeness (QED) is 0.456. The van der Waals surface area contributed by atoms with Crippen molar-refractivity contribution in [2.24, 2.45) is 0 Å². The molecule has 1 saturated heterocycles. The van der Waals surface area contributed by atoms with E-state index < -0.39 is 10.0 Å². The first-order valence-electron chi connectivity index (χ1n) is 11.3. The fraction of sp³-hybridized carbons (Fsp3) is 0.360. The zero-order valence-electron chi connectivity index (χ0n) is 18.8. The molecule has 3 aromatic rings. The fourth-order valence-electron chi connectivity index (χ4n) is 4.00. The number of hydrogen-bond donors (Lipinski definition) is 0. The largest absolute Gasteiger partial charge is 0.274 e. The van der Waals surface area contributed by atoms with Gasteiger partial charge in [0.1, 0.15) is 0 Å². The molecule has 0 aliphatic carbocycles. The van der Waals surface area contributed by atoms with Crippen molar-refractivity contribution in [1.29, 1.82) is 0 Å². The molecule has 174 valence electrons. The maximum Gasteiger partial charge on any atom is 0.243 e. The topological polar surface area (TPSA) is 70.6 Å². The van der Waals surface area contributed by atoms with E-state index in [9.17, 15) is 13.2 Å². The number of sulfonamides is 1. The Bertz CT molecular complexity index is 1170. The first kappa shape index (κ1) is 23.6. The molecular formula is C25H29N3O3S2. The molecule has 6 nitrogen and oxygen atoms in total. The number of carbonyl (C=O) groups excluding carboxylic acids is 1. The van der Waals surface area contributed by atoms with Gasteiger partial charge in [0.05, 0.1) is 16.3 Å². The van der Waals surface area contributed by atoms with Crippen LogP contribution in [0.4, 0.5) is 10.8 Å². The molecule has 0 radical (unpaired) electrons. The number of nitrogens with zero attached hydrogens (tertiary/aromatic N) is 3. The van der Waals surface area contributed by atoms with E-state index in [1.807, 2.05) is 54.8 Å². The van der Waals surface area contributed by atoms with Crippen molar-refractivity contribution in [3.63, 3.8) is 0 Å². The van der Waals surface area contributed by atoms with Crippen LogP contribution < -0.4 is 4.90 Å². The zero-order chi connectivity index (χ0) is 23.3. The number of aromatic nitrogens is 1. The van der Waals surface area contributed by atoms with Gasteiger partial charge < -0.3 is 0 Å². The minimum atomic E-state index is -3.47. The summed E-state index contributed by atoms with van der Waals surface area (Å²) in [6.07, 6.45) is 4.81. The van der Waals surface area contributed by atoms with E-state index >= 15 is 0 Å². The first-order valence-corrected chi connectivity index (χ1v) is 13.7. The second-order valence-corrected chi connectivity index (χ2v) is 11.1. The van der Waals surface area contributed by atoms with Crippen LogP contribution >= 0.6 is 11.3 Å². The lowest BCUT2D eigenvalue weighted by Gasteiger charge is -2.21. The smallest absolute Gasteiger partial charge is 0.243 e. The minimum absolute atomic E-state index is 0.0446. The highest BCUT2D eigenvalue weighted by Gasteiger charge is 2.25. The van der Waals surface area contributed by atoms with Gasteiger partial charge in [-0.15, -0.1) is 11.3 Å². The molecule has 1 aliphatic rings. The van der Waals surface area contributed by atoms with Gasteiger partial charge in [0, 0.05) is 24.9 Å². The Kier molecular flexibility index (Phi) is 7.57. The van der Waals surface area contributed by atoms with Crippen LogP contribution in [0.15, 0.2) is 64.9 Å². The number of hydrogen-bond acceptors (Lipinski definition) is 5. The van der Waals surface area contributed by atoms with Crippen LogP contribution in [-0.2, 0) is 21.2 Å².